The molecule has 1 aromatic carbocycles. The molecule has 4 heteroatoms. The Kier molecular flexibility index (Phi) is 3.18. The van der Waals surface area contributed by atoms with Crippen molar-refractivity contribution >= 4 is 11.4 Å². The number of aromatic nitrogens is 2. The van der Waals surface area contributed by atoms with E-state index in [0.29, 0.717) is 16.8 Å². The molecule has 1 aliphatic carbocycles. The lowest BCUT2D eigenvalue weighted by molar-refractivity contribution is 0.103. The summed E-state index contributed by atoms with van der Waals surface area (Å²) < 4.78 is 1.69. The minimum absolute atomic E-state index is 0.0511. The Morgan fingerprint density at radius 1 is 1.13 bits per heavy atom. The molecule has 1 aliphatic rings. The number of carbonyl (C=O) groups excluding carboxylic acids is 1. The van der Waals surface area contributed by atoms with Crippen LogP contribution in [0.25, 0.3) is 5.65 Å². The van der Waals surface area contributed by atoms with Gasteiger partial charge in [-0.05, 0) is 44.7 Å². The van der Waals surface area contributed by atoms with Crippen molar-refractivity contribution in [2.24, 2.45) is 0 Å². The number of hydrogen-bond acceptors (Lipinski definition) is 2. The molecular weight excluding hydrogens is 288 g/mol. The molecule has 4 rings (SSSR count). The standard InChI is InChI=1S/C19H18N2O2/c1-12-5-4-6-13(11-12)18(23)14-9-10-17(22)21-16-8-3-2-7-15(16)20-19(14)21/h4-6,9-11,20H,2-3,7-8H2,1H3. The summed E-state index contributed by atoms with van der Waals surface area (Å²) in [5.74, 6) is -0.0511. The molecule has 0 bridgehead atoms. The van der Waals surface area contributed by atoms with Crippen LogP contribution in [0.2, 0.25) is 0 Å². The van der Waals surface area contributed by atoms with Gasteiger partial charge in [0.1, 0.15) is 5.65 Å². The van der Waals surface area contributed by atoms with Gasteiger partial charge in [-0.15, -0.1) is 0 Å². The number of fused-ring (bicyclic) bond motifs is 3. The Morgan fingerprint density at radius 2 is 1.96 bits per heavy atom. The monoisotopic (exact) mass is 306 g/mol. The first-order valence-electron chi connectivity index (χ1n) is 8.02. The van der Waals surface area contributed by atoms with Crippen LogP contribution in [0.4, 0.5) is 0 Å². The number of carbonyl (C=O) groups is 1. The Hall–Kier alpha value is -2.62. The minimum atomic E-state index is -0.0693. The number of benzene rings is 1. The fraction of sp³-hybridized carbons (Fsp3) is 0.263. The molecule has 0 unspecified atom stereocenters. The van der Waals surface area contributed by atoms with Gasteiger partial charge in [-0.2, -0.15) is 0 Å². The zero-order chi connectivity index (χ0) is 16.0. The predicted octanol–water partition coefficient (Wildman–Crippen LogP) is 3.05. The van der Waals surface area contributed by atoms with Gasteiger partial charge in [0.05, 0.1) is 5.56 Å². The van der Waals surface area contributed by atoms with Gasteiger partial charge >= 0.3 is 0 Å². The SMILES string of the molecule is Cc1cccc(C(=O)c2ccc(=O)n3c4c([nH]c23)CCCC4)c1. The minimum Gasteiger partial charge on any atom is -0.343 e. The zero-order valence-corrected chi connectivity index (χ0v) is 13.1. The largest absolute Gasteiger partial charge is 0.343 e. The third-order valence-electron chi connectivity index (χ3n) is 4.59. The van der Waals surface area contributed by atoms with Crippen LogP contribution in [0.5, 0.6) is 0 Å². The van der Waals surface area contributed by atoms with Crippen molar-refractivity contribution in [1.29, 1.82) is 0 Å². The van der Waals surface area contributed by atoms with Crippen molar-refractivity contribution in [2.45, 2.75) is 32.6 Å². The lowest BCUT2D eigenvalue weighted by atomic mass is 10.0. The number of imidazole rings is 1. The second kappa shape index (κ2) is 5.23. The number of hydrogen-bond donors (Lipinski definition) is 1. The normalized spacial score (nSPS) is 14.0. The van der Waals surface area contributed by atoms with Gasteiger partial charge < -0.3 is 4.98 Å². The molecule has 23 heavy (non-hydrogen) atoms. The Labute approximate surface area is 133 Å². The van der Waals surface area contributed by atoms with E-state index in [1.165, 1.54) is 6.07 Å². The number of aromatic amines is 1. The van der Waals surface area contributed by atoms with E-state index in [1.54, 1.807) is 10.5 Å². The molecule has 0 amide bonds. The lowest BCUT2D eigenvalue weighted by Crippen LogP contribution is -2.18. The van der Waals surface area contributed by atoms with Gasteiger partial charge in [-0.25, -0.2) is 0 Å². The van der Waals surface area contributed by atoms with Crippen LogP contribution < -0.4 is 5.56 Å². The first-order chi connectivity index (χ1) is 11.1. The maximum absolute atomic E-state index is 12.9. The van der Waals surface area contributed by atoms with Crippen molar-refractivity contribution in [3.05, 3.63) is 74.8 Å². The number of ketones is 1. The maximum atomic E-state index is 12.9. The van der Waals surface area contributed by atoms with E-state index in [4.69, 9.17) is 0 Å². The highest BCUT2D eigenvalue weighted by atomic mass is 16.1. The molecule has 0 atom stereocenters. The number of aryl methyl sites for hydroxylation is 3. The van der Waals surface area contributed by atoms with Crippen molar-refractivity contribution in [3.63, 3.8) is 0 Å². The quantitative estimate of drug-likeness (QED) is 0.740. The summed E-state index contributed by atoms with van der Waals surface area (Å²) in [6, 6.07) is 10.7. The van der Waals surface area contributed by atoms with Crippen LogP contribution in [0.1, 0.15) is 45.7 Å². The van der Waals surface area contributed by atoms with E-state index >= 15 is 0 Å². The van der Waals surface area contributed by atoms with Gasteiger partial charge in [-0.1, -0.05) is 23.8 Å². The molecule has 2 heterocycles. The molecule has 0 radical (unpaired) electrons. The molecule has 1 N–H and O–H groups in total. The summed E-state index contributed by atoms with van der Waals surface area (Å²) in [5.41, 5.74) is 4.96. The van der Waals surface area contributed by atoms with Gasteiger partial charge in [0.25, 0.3) is 5.56 Å². The third kappa shape index (κ3) is 2.22. The van der Waals surface area contributed by atoms with Crippen LogP contribution in [0.3, 0.4) is 0 Å². The molecule has 2 aromatic heterocycles. The van der Waals surface area contributed by atoms with Crippen molar-refractivity contribution in [2.75, 3.05) is 0 Å². The number of rotatable bonds is 2. The van der Waals surface area contributed by atoms with Gasteiger partial charge in [0.15, 0.2) is 5.78 Å². The second-order valence-corrected chi connectivity index (χ2v) is 6.23. The lowest BCUT2D eigenvalue weighted by Gasteiger charge is -2.10. The van der Waals surface area contributed by atoms with Gasteiger partial charge in [-0.3, -0.25) is 14.0 Å². The highest BCUT2D eigenvalue weighted by molar-refractivity contribution is 6.12. The molecule has 0 fully saturated rings. The predicted molar refractivity (Wildman–Crippen MR) is 89.3 cm³/mol. The van der Waals surface area contributed by atoms with E-state index in [9.17, 15) is 9.59 Å². The summed E-state index contributed by atoms with van der Waals surface area (Å²) in [5, 5.41) is 0. The topological polar surface area (TPSA) is 54.3 Å². The number of pyridine rings is 1. The van der Waals surface area contributed by atoms with Gasteiger partial charge in [0, 0.05) is 23.0 Å². The molecule has 0 saturated heterocycles. The molecule has 0 spiro atoms. The van der Waals surface area contributed by atoms with E-state index in [2.05, 4.69) is 4.98 Å². The Bertz CT molecular complexity index is 979. The number of nitrogens with one attached hydrogen (secondary N) is 1. The third-order valence-corrected chi connectivity index (χ3v) is 4.59. The van der Waals surface area contributed by atoms with E-state index in [1.807, 2.05) is 31.2 Å². The average molecular weight is 306 g/mol. The summed E-state index contributed by atoms with van der Waals surface area (Å²) in [4.78, 5) is 28.5. The number of H-pyrrole nitrogens is 1. The van der Waals surface area contributed by atoms with Crippen molar-refractivity contribution in [1.82, 2.24) is 9.38 Å². The first-order valence-corrected chi connectivity index (χ1v) is 8.02. The fourth-order valence-electron chi connectivity index (χ4n) is 3.47. The fourth-order valence-corrected chi connectivity index (χ4v) is 3.47. The highest BCUT2D eigenvalue weighted by Gasteiger charge is 2.21. The van der Waals surface area contributed by atoms with Crippen molar-refractivity contribution < 1.29 is 4.79 Å². The Balaban J connectivity index is 1.94. The van der Waals surface area contributed by atoms with Crippen LogP contribution in [-0.2, 0) is 12.8 Å². The maximum Gasteiger partial charge on any atom is 0.256 e. The molecule has 116 valence electrons. The smallest absolute Gasteiger partial charge is 0.256 e. The first kappa shape index (κ1) is 14.0. The summed E-state index contributed by atoms with van der Waals surface area (Å²) in [7, 11) is 0. The van der Waals surface area contributed by atoms with Crippen LogP contribution in [0.15, 0.2) is 41.2 Å². The summed E-state index contributed by atoms with van der Waals surface area (Å²) in [6.45, 7) is 1.97. The van der Waals surface area contributed by atoms with Crippen molar-refractivity contribution in [3.8, 4) is 0 Å². The van der Waals surface area contributed by atoms with Crippen LogP contribution in [0, 0.1) is 6.92 Å². The van der Waals surface area contributed by atoms with Crippen LogP contribution in [-0.4, -0.2) is 15.2 Å². The number of nitrogens with zero attached hydrogens (tertiary/aromatic N) is 1. The van der Waals surface area contributed by atoms with E-state index in [-0.39, 0.29) is 11.3 Å². The summed E-state index contributed by atoms with van der Waals surface area (Å²) >= 11 is 0. The second-order valence-electron chi connectivity index (χ2n) is 6.23. The molecular formula is C19H18N2O2. The molecule has 0 aliphatic heterocycles. The molecule has 0 saturated carbocycles. The molecule has 3 aromatic rings. The zero-order valence-electron chi connectivity index (χ0n) is 13.1. The van der Waals surface area contributed by atoms with E-state index < -0.39 is 0 Å². The average Bonchev–Trinajstić information content (AvgIpc) is 2.95. The molecule has 4 nitrogen and oxygen atoms in total. The van der Waals surface area contributed by atoms with Crippen LogP contribution >= 0.6 is 0 Å². The van der Waals surface area contributed by atoms with Gasteiger partial charge in [0.2, 0.25) is 0 Å². The van der Waals surface area contributed by atoms with E-state index in [0.717, 1.165) is 42.6 Å². The highest BCUT2D eigenvalue weighted by Crippen LogP contribution is 2.23. The summed E-state index contributed by atoms with van der Waals surface area (Å²) in [6.07, 6.45) is 4.03. The Morgan fingerprint density at radius 3 is 2.78 bits per heavy atom.